The van der Waals surface area contributed by atoms with Crippen LogP contribution in [-0.2, 0) is 0 Å². The number of benzene rings is 2. The number of fused-ring (bicyclic) bond motifs is 1. The van der Waals surface area contributed by atoms with Crippen LogP contribution in [0.25, 0.3) is 15.1 Å². The van der Waals surface area contributed by atoms with E-state index in [4.69, 9.17) is 4.74 Å². The Balaban J connectivity index is 1.80. The molecule has 0 saturated heterocycles. The van der Waals surface area contributed by atoms with E-state index in [1.54, 1.807) is 30.2 Å². The van der Waals surface area contributed by atoms with E-state index in [0.717, 1.165) is 26.1 Å². The SMILES string of the molecule is C=C(Sc1nc2ccccc2s1)c1ccc(OC)cc1. The first-order valence-corrected chi connectivity index (χ1v) is 7.76. The maximum absolute atomic E-state index is 5.16. The zero-order valence-corrected chi connectivity index (χ0v) is 12.6. The number of thioether (sulfide) groups is 1. The van der Waals surface area contributed by atoms with Crippen LogP contribution in [0.1, 0.15) is 5.56 Å². The fourth-order valence-electron chi connectivity index (χ4n) is 1.84. The van der Waals surface area contributed by atoms with Crippen molar-refractivity contribution in [1.29, 1.82) is 0 Å². The topological polar surface area (TPSA) is 22.1 Å². The van der Waals surface area contributed by atoms with Gasteiger partial charge in [0.05, 0.1) is 17.3 Å². The molecule has 0 aliphatic carbocycles. The van der Waals surface area contributed by atoms with Crippen molar-refractivity contribution in [2.75, 3.05) is 7.11 Å². The highest BCUT2D eigenvalue weighted by Gasteiger charge is 2.07. The molecule has 0 saturated carbocycles. The predicted octanol–water partition coefficient (Wildman–Crippen LogP) is 5.07. The smallest absolute Gasteiger partial charge is 0.155 e. The molecule has 1 aromatic heterocycles. The Bertz CT molecular complexity index is 714. The molecule has 4 heteroatoms. The van der Waals surface area contributed by atoms with E-state index < -0.39 is 0 Å². The second-order valence-corrected chi connectivity index (χ2v) is 6.57. The van der Waals surface area contributed by atoms with Gasteiger partial charge in [0.1, 0.15) is 5.75 Å². The third-order valence-corrected chi connectivity index (χ3v) is 4.98. The summed E-state index contributed by atoms with van der Waals surface area (Å²) in [5, 5.41) is 0. The lowest BCUT2D eigenvalue weighted by molar-refractivity contribution is 0.415. The predicted molar refractivity (Wildman–Crippen MR) is 87.5 cm³/mol. The summed E-state index contributed by atoms with van der Waals surface area (Å²) >= 11 is 3.30. The van der Waals surface area contributed by atoms with Crippen LogP contribution in [0, 0.1) is 0 Å². The number of para-hydroxylation sites is 1. The van der Waals surface area contributed by atoms with Gasteiger partial charge in [-0.3, -0.25) is 0 Å². The molecule has 20 heavy (non-hydrogen) atoms. The van der Waals surface area contributed by atoms with Gasteiger partial charge in [-0.15, -0.1) is 11.3 Å². The molecule has 0 radical (unpaired) electrons. The van der Waals surface area contributed by atoms with Crippen molar-refractivity contribution in [2.45, 2.75) is 4.34 Å². The van der Waals surface area contributed by atoms with Gasteiger partial charge in [0.15, 0.2) is 4.34 Å². The first-order valence-electron chi connectivity index (χ1n) is 6.13. The van der Waals surface area contributed by atoms with E-state index in [9.17, 15) is 0 Å². The van der Waals surface area contributed by atoms with Crippen molar-refractivity contribution in [3.63, 3.8) is 0 Å². The van der Waals surface area contributed by atoms with Crippen molar-refractivity contribution >= 4 is 38.2 Å². The number of nitrogens with zero attached hydrogens (tertiary/aromatic N) is 1. The molecule has 0 aliphatic rings. The summed E-state index contributed by atoms with van der Waals surface area (Å²) < 4.78 is 7.39. The Morgan fingerprint density at radius 3 is 2.60 bits per heavy atom. The number of aromatic nitrogens is 1. The Hall–Kier alpha value is -1.78. The minimum atomic E-state index is 0.853. The van der Waals surface area contributed by atoms with E-state index in [1.807, 2.05) is 42.5 Å². The van der Waals surface area contributed by atoms with Crippen molar-refractivity contribution in [1.82, 2.24) is 4.98 Å². The number of rotatable bonds is 4. The summed E-state index contributed by atoms with van der Waals surface area (Å²) in [6.07, 6.45) is 0. The number of thiazole rings is 1. The number of hydrogen-bond donors (Lipinski definition) is 0. The van der Waals surface area contributed by atoms with Gasteiger partial charge in [0, 0.05) is 4.91 Å². The molecule has 3 aromatic rings. The highest BCUT2D eigenvalue weighted by atomic mass is 32.2. The summed E-state index contributed by atoms with van der Waals surface area (Å²) in [5.74, 6) is 0.853. The molecule has 0 atom stereocenters. The van der Waals surface area contributed by atoms with Gasteiger partial charge in [-0.1, -0.05) is 42.6 Å². The van der Waals surface area contributed by atoms with Crippen LogP contribution in [0.4, 0.5) is 0 Å². The lowest BCUT2D eigenvalue weighted by Crippen LogP contribution is -1.83. The molecular weight excluding hydrogens is 286 g/mol. The number of hydrogen-bond acceptors (Lipinski definition) is 4. The molecule has 1 heterocycles. The monoisotopic (exact) mass is 299 g/mol. The van der Waals surface area contributed by atoms with Crippen LogP contribution in [0.3, 0.4) is 0 Å². The molecule has 0 unspecified atom stereocenters. The van der Waals surface area contributed by atoms with Crippen LogP contribution in [0.5, 0.6) is 5.75 Å². The van der Waals surface area contributed by atoms with E-state index in [1.165, 1.54) is 4.70 Å². The van der Waals surface area contributed by atoms with Crippen LogP contribution in [0.2, 0.25) is 0 Å². The van der Waals surface area contributed by atoms with Gasteiger partial charge in [0.2, 0.25) is 0 Å². The van der Waals surface area contributed by atoms with Crippen LogP contribution in [-0.4, -0.2) is 12.1 Å². The quantitative estimate of drug-likeness (QED) is 0.628. The largest absolute Gasteiger partial charge is 0.497 e. The van der Waals surface area contributed by atoms with Crippen molar-refractivity contribution in [3.8, 4) is 5.75 Å². The summed E-state index contributed by atoms with van der Waals surface area (Å²) in [6, 6.07) is 16.1. The molecule has 0 fully saturated rings. The first kappa shape index (κ1) is 13.2. The van der Waals surface area contributed by atoms with Crippen molar-refractivity contribution in [2.24, 2.45) is 0 Å². The van der Waals surface area contributed by atoms with Gasteiger partial charge < -0.3 is 4.74 Å². The highest BCUT2D eigenvalue weighted by molar-refractivity contribution is 8.09. The average molecular weight is 299 g/mol. The second-order valence-electron chi connectivity index (χ2n) is 4.20. The summed E-state index contributed by atoms with van der Waals surface area (Å²) in [4.78, 5) is 5.60. The van der Waals surface area contributed by atoms with Gasteiger partial charge in [-0.05, 0) is 29.8 Å². The summed E-state index contributed by atoms with van der Waals surface area (Å²) in [6.45, 7) is 4.13. The maximum Gasteiger partial charge on any atom is 0.155 e. The van der Waals surface area contributed by atoms with E-state index in [0.29, 0.717) is 0 Å². The third kappa shape index (κ3) is 2.71. The van der Waals surface area contributed by atoms with Gasteiger partial charge in [0.25, 0.3) is 0 Å². The van der Waals surface area contributed by atoms with Gasteiger partial charge >= 0.3 is 0 Å². The lowest BCUT2D eigenvalue weighted by atomic mass is 10.2. The Morgan fingerprint density at radius 1 is 1.15 bits per heavy atom. The summed E-state index contributed by atoms with van der Waals surface area (Å²) in [5.41, 5.74) is 2.14. The zero-order valence-electron chi connectivity index (χ0n) is 11.0. The fraction of sp³-hybridized carbons (Fsp3) is 0.0625. The lowest BCUT2D eigenvalue weighted by Gasteiger charge is -2.04. The molecule has 2 aromatic carbocycles. The second kappa shape index (κ2) is 5.69. The molecule has 2 nitrogen and oxygen atoms in total. The average Bonchev–Trinajstić information content (AvgIpc) is 2.89. The van der Waals surface area contributed by atoms with E-state index >= 15 is 0 Å². The molecule has 100 valence electrons. The van der Waals surface area contributed by atoms with Crippen molar-refractivity contribution < 1.29 is 4.74 Å². The van der Waals surface area contributed by atoms with Crippen LogP contribution < -0.4 is 4.74 Å². The molecule has 3 rings (SSSR count). The zero-order chi connectivity index (χ0) is 13.9. The Morgan fingerprint density at radius 2 is 1.90 bits per heavy atom. The standard InChI is InChI=1S/C16H13NOS2/c1-11(12-7-9-13(18-2)10-8-12)19-16-17-14-5-3-4-6-15(14)20-16/h3-10H,1H2,2H3. The molecule has 0 spiro atoms. The maximum atomic E-state index is 5.16. The van der Waals surface area contributed by atoms with Crippen molar-refractivity contribution in [3.05, 3.63) is 60.7 Å². The third-order valence-electron chi connectivity index (χ3n) is 2.90. The molecular formula is C16H13NOS2. The minimum Gasteiger partial charge on any atom is -0.497 e. The van der Waals surface area contributed by atoms with E-state index in [-0.39, 0.29) is 0 Å². The van der Waals surface area contributed by atoms with E-state index in [2.05, 4.69) is 17.6 Å². The van der Waals surface area contributed by atoms with Crippen LogP contribution in [0.15, 0.2) is 59.4 Å². The number of methoxy groups -OCH3 is 1. The van der Waals surface area contributed by atoms with Gasteiger partial charge in [-0.25, -0.2) is 4.98 Å². The van der Waals surface area contributed by atoms with Gasteiger partial charge in [-0.2, -0.15) is 0 Å². The summed E-state index contributed by atoms with van der Waals surface area (Å²) in [7, 11) is 1.67. The van der Waals surface area contributed by atoms with Crippen LogP contribution >= 0.6 is 23.1 Å². The minimum absolute atomic E-state index is 0.853. The molecule has 0 bridgehead atoms. The normalized spacial score (nSPS) is 10.7. The highest BCUT2D eigenvalue weighted by Crippen LogP contribution is 2.37. The fourth-order valence-corrected chi connectivity index (χ4v) is 3.88. The Labute approximate surface area is 126 Å². The Kier molecular flexibility index (Phi) is 3.76. The molecule has 0 amide bonds. The molecule has 0 aliphatic heterocycles. The molecule has 0 N–H and O–H groups in total. The number of ether oxygens (including phenoxy) is 1. The first-order chi connectivity index (χ1) is 9.76.